The van der Waals surface area contributed by atoms with Crippen molar-refractivity contribution in [1.29, 1.82) is 0 Å². The molecule has 0 unspecified atom stereocenters. The fourth-order valence-corrected chi connectivity index (χ4v) is 3.08. The number of hydrogen-bond acceptors (Lipinski definition) is 4. The lowest BCUT2D eigenvalue weighted by Gasteiger charge is -2.12. The predicted molar refractivity (Wildman–Crippen MR) is 123 cm³/mol. The number of benzene rings is 3. The van der Waals surface area contributed by atoms with Crippen LogP contribution in [0.25, 0.3) is 0 Å². The Kier molecular flexibility index (Phi) is 7.00. The lowest BCUT2D eigenvalue weighted by Crippen LogP contribution is -2.34. The van der Waals surface area contributed by atoms with E-state index in [1.165, 1.54) is 13.2 Å². The van der Waals surface area contributed by atoms with Crippen molar-refractivity contribution in [3.05, 3.63) is 88.9 Å². The number of thiocarbonyl (C=S) groups is 1. The number of carbonyl (C=O) groups is 2. The van der Waals surface area contributed by atoms with Gasteiger partial charge in [-0.15, -0.1) is 0 Å². The molecule has 3 N–H and O–H groups in total. The summed E-state index contributed by atoms with van der Waals surface area (Å²) in [6.45, 7) is 0. The maximum Gasteiger partial charge on any atom is 0.257 e. The molecule has 0 aliphatic heterocycles. The molecule has 3 aromatic rings. The van der Waals surface area contributed by atoms with Crippen LogP contribution in [0.4, 0.5) is 11.4 Å². The summed E-state index contributed by atoms with van der Waals surface area (Å²) in [5.41, 5.74) is 2.09. The van der Waals surface area contributed by atoms with Crippen LogP contribution in [0, 0.1) is 0 Å². The summed E-state index contributed by atoms with van der Waals surface area (Å²) in [6.07, 6.45) is 0. The van der Waals surface area contributed by atoms with Gasteiger partial charge in [-0.2, -0.15) is 0 Å². The first-order valence-corrected chi connectivity index (χ1v) is 9.67. The molecule has 0 fully saturated rings. The quantitative estimate of drug-likeness (QED) is 0.501. The number of ether oxygens (including phenoxy) is 1. The maximum atomic E-state index is 12.4. The molecule has 3 aromatic carbocycles. The molecule has 0 radical (unpaired) electrons. The standard InChI is InChI=1S/C22H18ClN3O3S/c1-29-19-11-10-15(12-18(19)23)21(28)26-22(30)25-17-9-5-8-16(13-17)24-20(27)14-6-3-2-4-7-14/h2-13H,1H3,(H,24,27)(H2,25,26,28,30). The summed E-state index contributed by atoms with van der Waals surface area (Å²) in [5.74, 6) is -0.158. The van der Waals surface area contributed by atoms with Gasteiger partial charge in [0.25, 0.3) is 11.8 Å². The smallest absolute Gasteiger partial charge is 0.257 e. The van der Waals surface area contributed by atoms with Crippen LogP contribution < -0.4 is 20.7 Å². The minimum Gasteiger partial charge on any atom is -0.495 e. The van der Waals surface area contributed by atoms with Crippen molar-refractivity contribution in [1.82, 2.24) is 5.32 Å². The zero-order chi connectivity index (χ0) is 21.5. The van der Waals surface area contributed by atoms with Gasteiger partial charge in [-0.25, -0.2) is 0 Å². The minimum atomic E-state index is -0.411. The third-order valence-electron chi connectivity index (χ3n) is 4.06. The normalized spacial score (nSPS) is 10.1. The third kappa shape index (κ3) is 5.56. The Balaban J connectivity index is 1.61. The summed E-state index contributed by atoms with van der Waals surface area (Å²) >= 11 is 11.3. The molecule has 0 saturated carbocycles. The van der Waals surface area contributed by atoms with E-state index in [1.54, 1.807) is 60.7 Å². The van der Waals surface area contributed by atoms with Crippen molar-refractivity contribution in [2.24, 2.45) is 0 Å². The highest BCUT2D eigenvalue weighted by Crippen LogP contribution is 2.25. The monoisotopic (exact) mass is 439 g/mol. The molecular weight excluding hydrogens is 422 g/mol. The Hall–Kier alpha value is -3.42. The highest BCUT2D eigenvalue weighted by Gasteiger charge is 2.11. The number of hydrogen-bond donors (Lipinski definition) is 3. The maximum absolute atomic E-state index is 12.4. The number of carbonyl (C=O) groups excluding carboxylic acids is 2. The summed E-state index contributed by atoms with van der Waals surface area (Å²) < 4.78 is 5.07. The van der Waals surface area contributed by atoms with Crippen LogP contribution in [0.5, 0.6) is 5.75 Å². The number of halogens is 1. The Morgan fingerprint density at radius 2 is 1.53 bits per heavy atom. The average molecular weight is 440 g/mol. The number of amides is 2. The lowest BCUT2D eigenvalue weighted by molar-refractivity contribution is 0.0976. The van der Waals surface area contributed by atoms with E-state index in [1.807, 2.05) is 6.07 Å². The predicted octanol–water partition coefficient (Wildman–Crippen LogP) is 4.73. The van der Waals surface area contributed by atoms with Crippen LogP contribution in [0.15, 0.2) is 72.8 Å². The summed E-state index contributed by atoms with van der Waals surface area (Å²) in [6, 6.07) is 20.6. The SMILES string of the molecule is COc1ccc(C(=O)NC(=S)Nc2cccc(NC(=O)c3ccccc3)c2)cc1Cl. The summed E-state index contributed by atoms with van der Waals surface area (Å²) in [5, 5.41) is 8.77. The van der Waals surface area contributed by atoms with Gasteiger partial charge >= 0.3 is 0 Å². The fraction of sp³-hybridized carbons (Fsp3) is 0.0455. The molecule has 3 rings (SSSR count). The number of rotatable bonds is 5. The molecule has 0 bridgehead atoms. The summed E-state index contributed by atoms with van der Waals surface area (Å²) in [4.78, 5) is 24.7. The Bertz CT molecular complexity index is 1090. The van der Waals surface area contributed by atoms with Crippen LogP contribution in [-0.2, 0) is 0 Å². The molecule has 0 saturated heterocycles. The molecule has 0 aromatic heterocycles. The van der Waals surface area contributed by atoms with Crippen LogP contribution in [0.3, 0.4) is 0 Å². The van der Waals surface area contributed by atoms with Crippen molar-refractivity contribution in [3.8, 4) is 5.75 Å². The fourth-order valence-electron chi connectivity index (χ4n) is 2.61. The Labute approximate surface area is 184 Å². The second-order valence-corrected chi connectivity index (χ2v) is 6.97. The number of anilines is 2. The Morgan fingerprint density at radius 3 is 2.20 bits per heavy atom. The minimum absolute atomic E-state index is 0.110. The average Bonchev–Trinajstić information content (AvgIpc) is 2.74. The van der Waals surface area contributed by atoms with E-state index in [-0.39, 0.29) is 11.0 Å². The number of nitrogens with one attached hydrogen (secondary N) is 3. The zero-order valence-corrected chi connectivity index (χ0v) is 17.5. The first kappa shape index (κ1) is 21.3. The van der Waals surface area contributed by atoms with Crippen LogP contribution >= 0.6 is 23.8 Å². The molecule has 8 heteroatoms. The Morgan fingerprint density at radius 1 is 0.833 bits per heavy atom. The van der Waals surface area contributed by atoms with Crippen molar-refractivity contribution in [2.45, 2.75) is 0 Å². The summed E-state index contributed by atoms with van der Waals surface area (Å²) in [7, 11) is 1.50. The second kappa shape index (κ2) is 9.87. The van der Waals surface area contributed by atoms with E-state index in [4.69, 9.17) is 28.6 Å². The molecule has 2 amide bonds. The van der Waals surface area contributed by atoms with Crippen LogP contribution in [0.2, 0.25) is 5.02 Å². The first-order valence-electron chi connectivity index (χ1n) is 8.88. The molecule has 30 heavy (non-hydrogen) atoms. The molecule has 0 spiro atoms. The van der Waals surface area contributed by atoms with Gasteiger partial charge in [-0.1, -0.05) is 35.9 Å². The van der Waals surface area contributed by atoms with E-state index >= 15 is 0 Å². The third-order valence-corrected chi connectivity index (χ3v) is 4.55. The van der Waals surface area contributed by atoms with E-state index in [9.17, 15) is 9.59 Å². The molecular formula is C22H18ClN3O3S. The van der Waals surface area contributed by atoms with Gasteiger partial charge in [0.05, 0.1) is 12.1 Å². The van der Waals surface area contributed by atoms with Crippen molar-refractivity contribution < 1.29 is 14.3 Å². The van der Waals surface area contributed by atoms with Crippen molar-refractivity contribution >= 4 is 52.1 Å². The molecule has 0 atom stereocenters. The van der Waals surface area contributed by atoms with Gasteiger partial charge in [-0.05, 0) is 60.7 Å². The molecule has 0 aliphatic carbocycles. The molecule has 0 aliphatic rings. The second-order valence-electron chi connectivity index (χ2n) is 6.16. The van der Waals surface area contributed by atoms with Gasteiger partial charge < -0.3 is 15.4 Å². The number of methoxy groups -OCH3 is 1. The zero-order valence-electron chi connectivity index (χ0n) is 15.9. The largest absolute Gasteiger partial charge is 0.495 e. The van der Waals surface area contributed by atoms with Crippen LogP contribution in [-0.4, -0.2) is 24.0 Å². The molecule has 6 nitrogen and oxygen atoms in total. The first-order chi connectivity index (χ1) is 14.5. The molecule has 152 valence electrons. The van der Waals surface area contributed by atoms with Crippen molar-refractivity contribution in [2.75, 3.05) is 17.7 Å². The van der Waals surface area contributed by atoms with E-state index in [2.05, 4.69) is 16.0 Å². The van der Waals surface area contributed by atoms with Gasteiger partial charge in [0.2, 0.25) is 0 Å². The molecule has 0 heterocycles. The van der Waals surface area contributed by atoms with Gasteiger partial charge in [0.15, 0.2) is 5.11 Å². The van der Waals surface area contributed by atoms with Gasteiger partial charge in [0.1, 0.15) is 5.75 Å². The van der Waals surface area contributed by atoms with Gasteiger partial charge in [-0.3, -0.25) is 14.9 Å². The van der Waals surface area contributed by atoms with E-state index in [0.717, 1.165) is 0 Å². The van der Waals surface area contributed by atoms with Crippen LogP contribution in [0.1, 0.15) is 20.7 Å². The highest BCUT2D eigenvalue weighted by molar-refractivity contribution is 7.80. The van der Waals surface area contributed by atoms with Crippen molar-refractivity contribution in [3.63, 3.8) is 0 Å². The van der Waals surface area contributed by atoms with E-state index in [0.29, 0.717) is 33.3 Å². The highest BCUT2D eigenvalue weighted by atomic mass is 35.5. The van der Waals surface area contributed by atoms with Gasteiger partial charge in [0, 0.05) is 22.5 Å². The van der Waals surface area contributed by atoms with E-state index < -0.39 is 5.91 Å². The topological polar surface area (TPSA) is 79.5 Å². The lowest BCUT2D eigenvalue weighted by atomic mass is 10.2.